The maximum absolute atomic E-state index is 13.5. The van der Waals surface area contributed by atoms with Crippen molar-refractivity contribution in [2.45, 2.75) is 13.3 Å². The van der Waals surface area contributed by atoms with E-state index in [4.69, 9.17) is 16.6 Å². The molecule has 0 aliphatic carbocycles. The molecule has 1 amide bonds. The predicted octanol–water partition coefficient (Wildman–Crippen LogP) is 6.10. The standard InChI is InChI=1S/C26H19BrClN3O2/c1-2-13-30-23-12-7-16(27)14-20(23)21(25(30)32)15-24-29-22-6-4-3-5-19(22)26(33)31(24)18-10-8-17(28)9-11-18/h3-12,14-15H,2,13H2,1H3. The van der Waals surface area contributed by atoms with Gasteiger partial charge in [0.05, 0.1) is 27.9 Å². The Kier molecular flexibility index (Phi) is 5.64. The molecule has 1 aromatic heterocycles. The Balaban J connectivity index is 1.79. The topological polar surface area (TPSA) is 55.2 Å². The van der Waals surface area contributed by atoms with Crippen LogP contribution >= 0.6 is 27.5 Å². The molecule has 33 heavy (non-hydrogen) atoms. The van der Waals surface area contributed by atoms with Crippen molar-refractivity contribution in [3.8, 4) is 5.69 Å². The smallest absolute Gasteiger partial charge is 0.266 e. The number of fused-ring (bicyclic) bond motifs is 2. The first-order chi connectivity index (χ1) is 16.0. The number of benzene rings is 3. The average Bonchev–Trinajstić information content (AvgIpc) is 3.06. The van der Waals surface area contributed by atoms with E-state index in [1.54, 1.807) is 47.4 Å². The van der Waals surface area contributed by atoms with Gasteiger partial charge in [0.1, 0.15) is 5.82 Å². The molecule has 0 spiro atoms. The lowest BCUT2D eigenvalue weighted by molar-refractivity contribution is -0.113. The lowest BCUT2D eigenvalue weighted by atomic mass is 10.1. The average molecular weight is 521 g/mol. The maximum Gasteiger partial charge on any atom is 0.266 e. The fraction of sp³-hybridized carbons (Fsp3) is 0.115. The van der Waals surface area contributed by atoms with Crippen LogP contribution in [0.4, 0.5) is 5.69 Å². The third-order valence-corrected chi connectivity index (χ3v) is 6.37. The summed E-state index contributed by atoms with van der Waals surface area (Å²) >= 11 is 9.60. The summed E-state index contributed by atoms with van der Waals surface area (Å²) in [6.07, 6.45) is 2.55. The number of hydrogen-bond donors (Lipinski definition) is 0. The number of rotatable bonds is 4. The normalized spacial score (nSPS) is 14.3. The quantitative estimate of drug-likeness (QED) is 0.306. The molecular weight excluding hydrogens is 502 g/mol. The Morgan fingerprint density at radius 2 is 1.79 bits per heavy atom. The SMILES string of the molecule is CCCN1C(=O)C(=Cc2nc3ccccc3c(=O)n2-c2ccc(Cl)cc2)c2cc(Br)ccc21. The van der Waals surface area contributed by atoms with Crippen LogP contribution in [0.1, 0.15) is 24.7 Å². The minimum atomic E-state index is -0.208. The van der Waals surface area contributed by atoms with E-state index in [9.17, 15) is 9.59 Å². The van der Waals surface area contributed by atoms with E-state index in [0.717, 1.165) is 22.1 Å². The van der Waals surface area contributed by atoms with E-state index in [0.29, 0.717) is 39.6 Å². The molecule has 0 saturated carbocycles. The summed E-state index contributed by atoms with van der Waals surface area (Å²) in [5.41, 5.74) is 3.17. The van der Waals surface area contributed by atoms with E-state index < -0.39 is 0 Å². The molecule has 4 aromatic rings. The van der Waals surface area contributed by atoms with E-state index in [1.807, 2.05) is 37.3 Å². The molecule has 2 heterocycles. The van der Waals surface area contributed by atoms with E-state index >= 15 is 0 Å². The molecule has 0 atom stereocenters. The summed E-state index contributed by atoms with van der Waals surface area (Å²) in [6.45, 7) is 2.65. The van der Waals surface area contributed by atoms with Gasteiger partial charge in [0.2, 0.25) is 0 Å². The molecule has 0 saturated heterocycles. The summed E-state index contributed by atoms with van der Waals surface area (Å²) in [5, 5.41) is 1.07. The van der Waals surface area contributed by atoms with Crippen molar-refractivity contribution in [3.63, 3.8) is 0 Å². The molecule has 0 N–H and O–H groups in total. The molecule has 0 bridgehead atoms. The van der Waals surface area contributed by atoms with Gasteiger partial charge < -0.3 is 4.90 Å². The first-order valence-corrected chi connectivity index (χ1v) is 11.8. The van der Waals surface area contributed by atoms with Gasteiger partial charge in [0, 0.05) is 21.6 Å². The molecule has 164 valence electrons. The molecule has 3 aromatic carbocycles. The molecule has 0 fully saturated rings. The number of amides is 1. The molecular formula is C26H19BrClN3O2. The van der Waals surface area contributed by atoms with Crippen molar-refractivity contribution in [1.29, 1.82) is 0 Å². The van der Waals surface area contributed by atoms with Crippen molar-refractivity contribution in [2.24, 2.45) is 0 Å². The second-order valence-corrected chi connectivity index (χ2v) is 9.13. The van der Waals surface area contributed by atoms with Crippen LogP contribution in [0.3, 0.4) is 0 Å². The van der Waals surface area contributed by atoms with Gasteiger partial charge in [-0.3, -0.25) is 14.2 Å². The first kappa shape index (κ1) is 21.6. The Labute approximate surface area is 204 Å². The van der Waals surface area contributed by atoms with Crippen molar-refractivity contribution in [3.05, 3.63) is 98.0 Å². The van der Waals surface area contributed by atoms with Gasteiger partial charge in [-0.2, -0.15) is 0 Å². The van der Waals surface area contributed by atoms with Crippen LogP contribution in [0.15, 0.2) is 76.0 Å². The van der Waals surface area contributed by atoms with Gasteiger partial charge in [0.15, 0.2) is 0 Å². The Morgan fingerprint density at radius 3 is 2.55 bits per heavy atom. The lowest BCUT2D eigenvalue weighted by Gasteiger charge is -2.15. The van der Waals surface area contributed by atoms with Crippen molar-refractivity contribution < 1.29 is 4.79 Å². The number of anilines is 1. The van der Waals surface area contributed by atoms with Crippen LogP contribution in [0.5, 0.6) is 0 Å². The summed E-state index contributed by atoms with van der Waals surface area (Å²) in [5.74, 6) is 0.281. The Bertz CT molecular complexity index is 1490. The monoisotopic (exact) mass is 519 g/mol. The maximum atomic E-state index is 13.5. The zero-order valence-electron chi connectivity index (χ0n) is 17.8. The highest BCUT2D eigenvalue weighted by Gasteiger charge is 2.32. The number of carbonyl (C=O) groups excluding carboxylic acids is 1. The fourth-order valence-electron chi connectivity index (χ4n) is 4.13. The van der Waals surface area contributed by atoms with E-state index in [-0.39, 0.29) is 11.5 Å². The van der Waals surface area contributed by atoms with Gasteiger partial charge in [-0.05, 0) is 67.1 Å². The number of para-hydroxylation sites is 1. The molecule has 7 heteroatoms. The highest BCUT2D eigenvalue weighted by molar-refractivity contribution is 9.10. The van der Waals surface area contributed by atoms with Crippen LogP contribution in [-0.2, 0) is 4.79 Å². The zero-order valence-corrected chi connectivity index (χ0v) is 20.1. The number of nitrogens with zero attached hydrogens (tertiary/aromatic N) is 3. The van der Waals surface area contributed by atoms with Crippen LogP contribution in [0.2, 0.25) is 5.02 Å². The minimum absolute atomic E-state index is 0.102. The summed E-state index contributed by atoms with van der Waals surface area (Å²) in [7, 11) is 0. The third-order valence-electron chi connectivity index (χ3n) is 5.62. The summed E-state index contributed by atoms with van der Waals surface area (Å²) in [6, 6.07) is 20.0. The second-order valence-electron chi connectivity index (χ2n) is 7.78. The molecule has 5 nitrogen and oxygen atoms in total. The van der Waals surface area contributed by atoms with Crippen molar-refractivity contribution >= 4 is 61.7 Å². The highest BCUT2D eigenvalue weighted by atomic mass is 79.9. The number of hydrogen-bond acceptors (Lipinski definition) is 3. The molecule has 5 rings (SSSR count). The minimum Gasteiger partial charge on any atom is -0.308 e. The van der Waals surface area contributed by atoms with Gasteiger partial charge in [-0.15, -0.1) is 0 Å². The number of halogens is 2. The van der Waals surface area contributed by atoms with Gasteiger partial charge in [-0.1, -0.05) is 46.6 Å². The first-order valence-electron chi connectivity index (χ1n) is 10.6. The van der Waals surface area contributed by atoms with Crippen LogP contribution in [0, 0.1) is 0 Å². The summed E-state index contributed by atoms with van der Waals surface area (Å²) < 4.78 is 2.40. The largest absolute Gasteiger partial charge is 0.308 e. The summed E-state index contributed by atoms with van der Waals surface area (Å²) in [4.78, 5) is 33.5. The van der Waals surface area contributed by atoms with E-state index in [2.05, 4.69) is 15.9 Å². The van der Waals surface area contributed by atoms with Gasteiger partial charge in [0.25, 0.3) is 11.5 Å². The molecule has 1 aliphatic heterocycles. The van der Waals surface area contributed by atoms with E-state index in [1.165, 1.54) is 4.57 Å². The molecule has 1 aliphatic rings. The molecule has 0 radical (unpaired) electrons. The lowest BCUT2D eigenvalue weighted by Crippen LogP contribution is -2.27. The Hall–Kier alpha value is -3.22. The molecule has 0 unspecified atom stereocenters. The zero-order chi connectivity index (χ0) is 23.1. The van der Waals surface area contributed by atoms with Crippen molar-refractivity contribution in [1.82, 2.24) is 9.55 Å². The van der Waals surface area contributed by atoms with Crippen LogP contribution in [-0.4, -0.2) is 22.0 Å². The number of carbonyl (C=O) groups is 1. The van der Waals surface area contributed by atoms with Gasteiger partial charge in [-0.25, -0.2) is 4.98 Å². The third kappa shape index (κ3) is 3.79. The van der Waals surface area contributed by atoms with Crippen molar-refractivity contribution in [2.75, 3.05) is 11.4 Å². The fourth-order valence-corrected chi connectivity index (χ4v) is 4.62. The van der Waals surface area contributed by atoms with Gasteiger partial charge >= 0.3 is 0 Å². The van der Waals surface area contributed by atoms with Crippen LogP contribution < -0.4 is 10.5 Å². The van der Waals surface area contributed by atoms with Crippen LogP contribution in [0.25, 0.3) is 28.2 Å². The Morgan fingerprint density at radius 1 is 1.03 bits per heavy atom. The second kappa shape index (κ2) is 8.61. The highest BCUT2D eigenvalue weighted by Crippen LogP contribution is 2.39. The predicted molar refractivity (Wildman–Crippen MR) is 137 cm³/mol. The number of aromatic nitrogens is 2.